The molecule has 5 rings (SSSR count). The molecule has 7 atom stereocenters. The summed E-state index contributed by atoms with van der Waals surface area (Å²) >= 11 is 0. The number of hydrogen-bond donors (Lipinski definition) is 0. The Labute approximate surface area is 191 Å². The lowest BCUT2D eigenvalue weighted by molar-refractivity contribution is -0.187. The number of rotatable bonds is 2. The summed E-state index contributed by atoms with van der Waals surface area (Å²) in [4.78, 5) is 25.2. The second-order valence-electron chi connectivity index (χ2n) is 11.9. The van der Waals surface area contributed by atoms with Gasteiger partial charge in [0, 0.05) is 17.8 Å². The van der Waals surface area contributed by atoms with E-state index in [2.05, 4.69) is 52.8 Å². The van der Waals surface area contributed by atoms with Gasteiger partial charge in [0.25, 0.3) is 0 Å². The molecule has 1 aromatic heterocycles. The number of allylic oxidation sites excluding steroid dienone is 3. The van der Waals surface area contributed by atoms with Crippen molar-refractivity contribution in [2.24, 2.45) is 33.5 Å². The number of esters is 1. The van der Waals surface area contributed by atoms with Crippen LogP contribution in [0, 0.1) is 33.5 Å². The number of furan rings is 1. The van der Waals surface area contributed by atoms with E-state index >= 15 is 0 Å². The van der Waals surface area contributed by atoms with Gasteiger partial charge in [0.15, 0.2) is 5.78 Å². The van der Waals surface area contributed by atoms with Gasteiger partial charge in [-0.3, -0.25) is 9.59 Å². The first-order chi connectivity index (χ1) is 15.0. The predicted molar refractivity (Wildman–Crippen MR) is 123 cm³/mol. The van der Waals surface area contributed by atoms with E-state index in [1.165, 1.54) is 18.1 Å². The lowest BCUT2D eigenvalue weighted by Crippen LogP contribution is -2.64. The van der Waals surface area contributed by atoms with E-state index in [9.17, 15) is 9.59 Å². The van der Waals surface area contributed by atoms with Crippen molar-refractivity contribution < 1.29 is 18.7 Å². The van der Waals surface area contributed by atoms with Crippen LogP contribution in [0.2, 0.25) is 0 Å². The highest BCUT2D eigenvalue weighted by atomic mass is 16.5. The molecule has 2 fully saturated rings. The molecule has 2 saturated carbocycles. The molecule has 0 saturated heterocycles. The van der Waals surface area contributed by atoms with E-state index in [1.807, 2.05) is 12.3 Å². The van der Waals surface area contributed by atoms with E-state index in [0.29, 0.717) is 11.8 Å². The highest BCUT2D eigenvalue weighted by molar-refractivity contribution is 5.95. The molecule has 172 valence electrons. The Balaban J connectivity index is 1.64. The van der Waals surface area contributed by atoms with Gasteiger partial charge >= 0.3 is 5.97 Å². The van der Waals surface area contributed by atoms with E-state index in [-0.39, 0.29) is 40.0 Å². The Morgan fingerprint density at radius 1 is 1.16 bits per heavy atom. The number of fused-ring (bicyclic) bond motifs is 5. The predicted octanol–water partition coefficient (Wildman–Crippen LogP) is 6.24. The SMILES string of the molecule is CC(=O)OC1CC2C(C)(C)C(=O)C=CC2(C)C2CCC3(C)C(=CCC3c3ccoc3)C12C. The maximum absolute atomic E-state index is 12.9. The van der Waals surface area contributed by atoms with E-state index in [1.54, 1.807) is 6.26 Å². The second kappa shape index (κ2) is 6.71. The summed E-state index contributed by atoms with van der Waals surface area (Å²) in [5.41, 5.74) is 1.88. The van der Waals surface area contributed by atoms with Crippen LogP contribution in [-0.2, 0) is 14.3 Å². The van der Waals surface area contributed by atoms with Crippen LogP contribution in [0.3, 0.4) is 0 Å². The van der Waals surface area contributed by atoms with Gasteiger partial charge in [0.1, 0.15) is 6.10 Å². The fourth-order valence-electron chi connectivity index (χ4n) is 8.60. The topological polar surface area (TPSA) is 56.5 Å². The summed E-state index contributed by atoms with van der Waals surface area (Å²) in [5, 5.41) is 0. The fraction of sp³-hybridized carbons (Fsp3) is 0.643. The molecular weight excluding hydrogens is 400 g/mol. The van der Waals surface area contributed by atoms with Crippen LogP contribution < -0.4 is 0 Å². The molecule has 4 heteroatoms. The minimum absolute atomic E-state index is 0.0143. The van der Waals surface area contributed by atoms with Crippen molar-refractivity contribution in [1.29, 1.82) is 0 Å². The van der Waals surface area contributed by atoms with Gasteiger partial charge in [0.05, 0.1) is 12.5 Å². The molecule has 0 aliphatic heterocycles. The zero-order valence-corrected chi connectivity index (χ0v) is 20.2. The van der Waals surface area contributed by atoms with Gasteiger partial charge in [-0.05, 0) is 72.0 Å². The molecular formula is C28H36O4. The first-order valence-corrected chi connectivity index (χ1v) is 12.1. The minimum atomic E-state index is -0.465. The zero-order chi connectivity index (χ0) is 23.1. The van der Waals surface area contributed by atoms with Crippen LogP contribution in [0.4, 0.5) is 0 Å². The summed E-state index contributed by atoms with van der Waals surface area (Å²) in [7, 11) is 0. The normalized spacial score (nSPS) is 44.3. The molecule has 4 aliphatic rings. The van der Waals surface area contributed by atoms with Gasteiger partial charge in [-0.15, -0.1) is 0 Å². The molecule has 0 aromatic carbocycles. The van der Waals surface area contributed by atoms with Crippen molar-refractivity contribution in [2.75, 3.05) is 0 Å². The second-order valence-corrected chi connectivity index (χ2v) is 11.9. The molecule has 4 aliphatic carbocycles. The van der Waals surface area contributed by atoms with Crippen LogP contribution >= 0.6 is 0 Å². The Kier molecular flexibility index (Phi) is 4.56. The van der Waals surface area contributed by atoms with Crippen LogP contribution in [-0.4, -0.2) is 17.9 Å². The Morgan fingerprint density at radius 2 is 1.91 bits per heavy atom. The van der Waals surface area contributed by atoms with Crippen LogP contribution in [0.15, 0.2) is 46.8 Å². The minimum Gasteiger partial charge on any atom is -0.472 e. The van der Waals surface area contributed by atoms with Gasteiger partial charge in [-0.1, -0.05) is 52.3 Å². The molecule has 0 radical (unpaired) electrons. The summed E-state index contributed by atoms with van der Waals surface area (Å²) in [6.07, 6.45) is 13.7. The number of hydrogen-bond acceptors (Lipinski definition) is 4. The molecule has 0 spiro atoms. The highest BCUT2D eigenvalue weighted by Crippen LogP contribution is 2.72. The summed E-state index contributed by atoms with van der Waals surface area (Å²) in [6.45, 7) is 12.8. The van der Waals surface area contributed by atoms with Crippen molar-refractivity contribution >= 4 is 11.8 Å². The molecule has 32 heavy (non-hydrogen) atoms. The number of carbonyl (C=O) groups excluding carboxylic acids is 2. The average molecular weight is 437 g/mol. The van der Waals surface area contributed by atoms with Crippen molar-refractivity contribution in [3.63, 3.8) is 0 Å². The fourth-order valence-corrected chi connectivity index (χ4v) is 8.60. The Bertz CT molecular complexity index is 1010. The molecule has 1 aromatic rings. The first-order valence-electron chi connectivity index (χ1n) is 12.1. The van der Waals surface area contributed by atoms with Gasteiger partial charge in [0.2, 0.25) is 0 Å². The van der Waals surface area contributed by atoms with Gasteiger partial charge in [-0.25, -0.2) is 0 Å². The summed E-state index contributed by atoms with van der Waals surface area (Å²) < 4.78 is 11.6. The molecule has 1 heterocycles. The third kappa shape index (κ3) is 2.61. The van der Waals surface area contributed by atoms with E-state index in [4.69, 9.17) is 9.15 Å². The van der Waals surface area contributed by atoms with E-state index < -0.39 is 5.41 Å². The number of ketones is 1. The van der Waals surface area contributed by atoms with Crippen LogP contribution in [0.25, 0.3) is 0 Å². The summed E-state index contributed by atoms with van der Waals surface area (Å²) in [5.74, 6) is 0.796. The van der Waals surface area contributed by atoms with Crippen LogP contribution in [0.5, 0.6) is 0 Å². The Morgan fingerprint density at radius 3 is 2.56 bits per heavy atom. The number of ether oxygens (including phenoxy) is 1. The van der Waals surface area contributed by atoms with Crippen molar-refractivity contribution in [3.05, 3.63) is 48.0 Å². The zero-order valence-electron chi connectivity index (χ0n) is 20.2. The van der Waals surface area contributed by atoms with Crippen molar-refractivity contribution in [3.8, 4) is 0 Å². The highest BCUT2D eigenvalue weighted by Gasteiger charge is 2.68. The van der Waals surface area contributed by atoms with Crippen LogP contribution in [0.1, 0.15) is 78.7 Å². The third-order valence-electron chi connectivity index (χ3n) is 10.2. The largest absolute Gasteiger partial charge is 0.472 e. The average Bonchev–Trinajstić information content (AvgIpc) is 3.34. The quantitative estimate of drug-likeness (QED) is 0.407. The lowest BCUT2D eigenvalue weighted by Gasteiger charge is -2.66. The third-order valence-corrected chi connectivity index (χ3v) is 10.2. The number of carbonyl (C=O) groups is 2. The Hall–Kier alpha value is -2.10. The van der Waals surface area contributed by atoms with E-state index in [0.717, 1.165) is 25.7 Å². The molecule has 0 bridgehead atoms. The molecule has 0 amide bonds. The van der Waals surface area contributed by atoms with Gasteiger partial charge < -0.3 is 9.15 Å². The summed E-state index contributed by atoms with van der Waals surface area (Å²) in [6, 6.07) is 2.10. The maximum atomic E-state index is 12.9. The smallest absolute Gasteiger partial charge is 0.302 e. The lowest BCUT2D eigenvalue weighted by atomic mass is 9.38. The standard InChI is InChI=1S/C28H36O4/c1-17(29)32-24-15-22-25(2,3)23(30)10-13-27(22,5)21-9-12-26(4)19(18-11-14-31-16-18)7-8-20(26)28(21,24)6/h8,10-11,13-14,16,19,21-22,24H,7,9,12,15H2,1-6H3. The van der Waals surface area contributed by atoms with Gasteiger partial charge in [-0.2, -0.15) is 0 Å². The maximum Gasteiger partial charge on any atom is 0.302 e. The molecule has 7 unspecified atom stereocenters. The van der Waals surface area contributed by atoms with Crippen molar-refractivity contribution in [1.82, 2.24) is 0 Å². The monoisotopic (exact) mass is 436 g/mol. The molecule has 4 nitrogen and oxygen atoms in total. The van der Waals surface area contributed by atoms with Crippen molar-refractivity contribution in [2.45, 2.75) is 79.2 Å². The first kappa shape index (κ1) is 21.7. The molecule has 0 N–H and O–H groups in total.